The molecule has 3 amide bonds. The lowest BCUT2D eigenvalue weighted by molar-refractivity contribution is -0.141. The fourth-order valence-corrected chi connectivity index (χ4v) is 4.32. The van der Waals surface area contributed by atoms with Crippen molar-refractivity contribution in [2.75, 3.05) is 5.75 Å². The zero-order chi connectivity index (χ0) is 28.5. The molecule has 0 saturated heterocycles. The molecule has 0 aliphatic heterocycles. The number of carboxylic acid groups (broad SMARTS) is 1. The van der Waals surface area contributed by atoms with Gasteiger partial charge in [-0.1, -0.05) is 48.5 Å². The van der Waals surface area contributed by atoms with Crippen LogP contribution in [0.3, 0.4) is 0 Å². The molecule has 5 unspecified atom stereocenters. The molecule has 0 aliphatic carbocycles. The summed E-state index contributed by atoms with van der Waals surface area (Å²) in [7, 11) is 0. The fraction of sp³-hybridized carbons (Fsp3) is 0.333. The van der Waals surface area contributed by atoms with Gasteiger partial charge in [-0.3, -0.25) is 14.4 Å². The number of benzene rings is 2. The Morgan fingerprint density at radius 2 is 1.54 bits per heavy atom. The second kappa shape index (κ2) is 13.8. The third kappa shape index (κ3) is 8.06. The van der Waals surface area contributed by atoms with Gasteiger partial charge in [0.25, 0.3) is 0 Å². The van der Waals surface area contributed by atoms with Crippen molar-refractivity contribution in [3.05, 3.63) is 71.9 Å². The van der Waals surface area contributed by atoms with Gasteiger partial charge in [-0.15, -0.1) is 0 Å². The van der Waals surface area contributed by atoms with Crippen molar-refractivity contribution < 1.29 is 29.4 Å². The number of aliphatic carboxylic acids is 1. The summed E-state index contributed by atoms with van der Waals surface area (Å²) in [5, 5.41) is 27.9. The van der Waals surface area contributed by atoms with Crippen LogP contribution in [0.4, 0.5) is 0 Å². The van der Waals surface area contributed by atoms with Gasteiger partial charge in [0.1, 0.15) is 18.1 Å². The molecule has 208 valence electrons. The van der Waals surface area contributed by atoms with E-state index < -0.39 is 54.0 Å². The summed E-state index contributed by atoms with van der Waals surface area (Å²) in [6, 6.07) is 11.5. The molecule has 12 heteroatoms. The number of aliphatic hydroxyl groups is 1. The number of carbonyl (C=O) groups excluding carboxylic acids is 3. The number of hydrogen-bond donors (Lipinski definition) is 8. The van der Waals surface area contributed by atoms with Gasteiger partial charge in [0.15, 0.2) is 0 Å². The fourth-order valence-electron chi connectivity index (χ4n) is 4.08. The molecule has 1 aromatic heterocycles. The smallest absolute Gasteiger partial charge is 0.327 e. The second-order valence-electron chi connectivity index (χ2n) is 9.23. The van der Waals surface area contributed by atoms with Gasteiger partial charge in [0.2, 0.25) is 17.7 Å². The van der Waals surface area contributed by atoms with Crippen LogP contribution < -0.4 is 21.7 Å². The molecule has 39 heavy (non-hydrogen) atoms. The molecule has 0 radical (unpaired) electrons. The van der Waals surface area contributed by atoms with Crippen molar-refractivity contribution in [3.63, 3.8) is 0 Å². The van der Waals surface area contributed by atoms with Gasteiger partial charge < -0.3 is 36.9 Å². The first-order chi connectivity index (χ1) is 18.6. The predicted molar refractivity (Wildman–Crippen MR) is 149 cm³/mol. The molecular weight excluding hydrogens is 522 g/mol. The minimum atomic E-state index is -1.42. The summed E-state index contributed by atoms with van der Waals surface area (Å²) in [6.07, 6.45) is 0.598. The van der Waals surface area contributed by atoms with Gasteiger partial charge in [0, 0.05) is 29.3 Å². The van der Waals surface area contributed by atoms with Gasteiger partial charge in [-0.05, 0) is 30.5 Å². The van der Waals surface area contributed by atoms with Crippen molar-refractivity contribution in [1.29, 1.82) is 0 Å². The average molecular weight is 556 g/mol. The van der Waals surface area contributed by atoms with E-state index in [2.05, 4.69) is 33.6 Å². The maximum Gasteiger partial charge on any atom is 0.327 e. The zero-order valence-electron chi connectivity index (χ0n) is 21.3. The number of nitrogens with two attached hydrogens (primary N) is 1. The highest BCUT2D eigenvalue weighted by Gasteiger charge is 2.32. The molecule has 0 fully saturated rings. The second-order valence-corrected chi connectivity index (χ2v) is 9.60. The van der Waals surface area contributed by atoms with Crippen LogP contribution in [-0.2, 0) is 32.0 Å². The molecule has 3 aromatic rings. The quantitative estimate of drug-likeness (QED) is 0.138. The van der Waals surface area contributed by atoms with Crippen LogP contribution in [0.25, 0.3) is 10.9 Å². The van der Waals surface area contributed by atoms with Crippen molar-refractivity contribution in [2.24, 2.45) is 5.73 Å². The molecule has 2 aromatic carbocycles. The van der Waals surface area contributed by atoms with E-state index in [1.807, 2.05) is 54.6 Å². The lowest BCUT2D eigenvalue weighted by Crippen LogP contribution is -2.60. The first kappa shape index (κ1) is 29.7. The molecule has 8 N–H and O–H groups in total. The van der Waals surface area contributed by atoms with Crippen molar-refractivity contribution >= 4 is 47.2 Å². The number of hydrogen-bond acceptors (Lipinski definition) is 7. The number of aliphatic hydroxyl groups excluding tert-OH is 1. The average Bonchev–Trinajstić information content (AvgIpc) is 3.32. The lowest BCUT2D eigenvalue weighted by Gasteiger charge is -2.26. The number of amides is 3. The number of rotatable bonds is 13. The molecule has 0 bridgehead atoms. The summed E-state index contributed by atoms with van der Waals surface area (Å²) < 4.78 is 0. The first-order valence-corrected chi connectivity index (χ1v) is 13.0. The molecule has 0 aliphatic rings. The number of carboxylic acids is 1. The standard InChI is InChI=1S/C27H33N5O6S/c1-15(33)23(32-24(34)19(28)11-16-7-3-2-4-8-16)26(36)30-21(25(35)31-22(14-39)27(37)38)12-17-13-29-20-10-6-5-9-18(17)20/h2-10,13,15,19,21-23,29,33,39H,11-12,14,28H2,1H3,(H,30,36)(H,31,35)(H,32,34)(H,37,38). The Bertz CT molecular complexity index is 1300. The van der Waals surface area contributed by atoms with Gasteiger partial charge in [-0.2, -0.15) is 12.6 Å². The molecule has 1 heterocycles. The Morgan fingerprint density at radius 1 is 0.897 bits per heavy atom. The molecule has 3 rings (SSSR count). The van der Waals surface area contributed by atoms with Crippen LogP contribution in [0.2, 0.25) is 0 Å². The summed E-state index contributed by atoms with van der Waals surface area (Å²) >= 11 is 3.98. The number of H-pyrrole nitrogens is 1. The molecule has 5 atom stereocenters. The van der Waals surface area contributed by atoms with Crippen molar-refractivity contribution in [3.8, 4) is 0 Å². The Kier molecular flexibility index (Phi) is 10.5. The predicted octanol–water partition coefficient (Wildman–Crippen LogP) is 0.130. The van der Waals surface area contributed by atoms with Crippen LogP contribution in [0.1, 0.15) is 18.1 Å². The Balaban J connectivity index is 1.78. The topological polar surface area (TPSA) is 187 Å². The highest BCUT2D eigenvalue weighted by molar-refractivity contribution is 7.80. The minimum absolute atomic E-state index is 0.00843. The summed E-state index contributed by atoms with van der Waals surface area (Å²) in [6.45, 7) is 1.32. The summed E-state index contributed by atoms with van der Waals surface area (Å²) in [4.78, 5) is 53.7. The number of aromatic nitrogens is 1. The van der Waals surface area contributed by atoms with Gasteiger partial charge >= 0.3 is 5.97 Å². The normalized spacial score (nSPS) is 15.0. The van der Waals surface area contributed by atoms with E-state index in [1.54, 1.807) is 6.20 Å². The van der Waals surface area contributed by atoms with E-state index in [4.69, 9.17) is 5.73 Å². The summed E-state index contributed by atoms with van der Waals surface area (Å²) in [5.74, 6) is -3.69. The Hall–Kier alpha value is -3.87. The number of carbonyl (C=O) groups is 4. The van der Waals surface area contributed by atoms with Gasteiger partial charge in [-0.25, -0.2) is 4.79 Å². The van der Waals surface area contributed by atoms with E-state index in [-0.39, 0.29) is 18.6 Å². The maximum absolute atomic E-state index is 13.3. The van der Waals surface area contributed by atoms with E-state index in [0.29, 0.717) is 5.56 Å². The number of nitrogens with one attached hydrogen (secondary N) is 4. The molecule has 0 saturated carbocycles. The van der Waals surface area contributed by atoms with E-state index >= 15 is 0 Å². The van der Waals surface area contributed by atoms with Crippen LogP contribution in [-0.4, -0.2) is 74.9 Å². The number of para-hydroxylation sites is 1. The van der Waals surface area contributed by atoms with Gasteiger partial charge in [0.05, 0.1) is 12.1 Å². The van der Waals surface area contributed by atoms with E-state index in [9.17, 15) is 29.4 Å². The van der Waals surface area contributed by atoms with E-state index in [0.717, 1.165) is 16.5 Å². The lowest BCUT2D eigenvalue weighted by atomic mass is 10.0. The first-order valence-electron chi connectivity index (χ1n) is 12.4. The molecule has 0 spiro atoms. The Morgan fingerprint density at radius 3 is 2.18 bits per heavy atom. The van der Waals surface area contributed by atoms with Crippen LogP contribution in [0.5, 0.6) is 0 Å². The van der Waals surface area contributed by atoms with Crippen LogP contribution in [0, 0.1) is 0 Å². The van der Waals surface area contributed by atoms with Crippen molar-refractivity contribution in [1.82, 2.24) is 20.9 Å². The SMILES string of the molecule is CC(O)C(NC(=O)C(N)Cc1ccccc1)C(=O)NC(Cc1c[nH]c2ccccc12)C(=O)NC(CS)C(=O)O. The van der Waals surface area contributed by atoms with E-state index in [1.165, 1.54) is 6.92 Å². The highest BCUT2D eigenvalue weighted by atomic mass is 32.1. The largest absolute Gasteiger partial charge is 0.480 e. The maximum atomic E-state index is 13.3. The number of aromatic amines is 1. The third-order valence-corrected chi connectivity index (χ3v) is 6.59. The molecular formula is C27H33N5O6S. The van der Waals surface area contributed by atoms with Crippen LogP contribution >= 0.6 is 12.6 Å². The van der Waals surface area contributed by atoms with Crippen molar-refractivity contribution in [2.45, 2.75) is 50.0 Å². The molecule has 11 nitrogen and oxygen atoms in total. The third-order valence-electron chi connectivity index (χ3n) is 6.23. The zero-order valence-corrected chi connectivity index (χ0v) is 22.2. The number of thiol groups is 1. The van der Waals surface area contributed by atoms with Crippen LogP contribution in [0.15, 0.2) is 60.8 Å². The number of fused-ring (bicyclic) bond motifs is 1. The minimum Gasteiger partial charge on any atom is -0.480 e. The summed E-state index contributed by atoms with van der Waals surface area (Å²) in [5.41, 5.74) is 8.38. The monoisotopic (exact) mass is 555 g/mol. The Labute approximate surface area is 231 Å². The highest BCUT2D eigenvalue weighted by Crippen LogP contribution is 2.19.